The fraction of sp³-hybridized carbons (Fsp3) is 0.538. The van der Waals surface area contributed by atoms with Crippen LogP contribution in [0.15, 0.2) is 23.1 Å². The van der Waals surface area contributed by atoms with Gasteiger partial charge < -0.3 is 9.47 Å². The first-order valence-electron chi connectivity index (χ1n) is 6.73. The molecule has 0 amide bonds. The molecule has 0 aliphatic carbocycles. The molecule has 0 spiro atoms. The van der Waals surface area contributed by atoms with Crippen molar-refractivity contribution in [3.63, 3.8) is 0 Å². The maximum absolute atomic E-state index is 12.8. The second kappa shape index (κ2) is 6.19. The molecule has 1 aromatic rings. The molecule has 122 valence electrons. The third kappa shape index (κ3) is 3.21. The summed E-state index contributed by atoms with van der Waals surface area (Å²) in [7, 11) is -2.53. The number of hydrogen-bond acceptors (Lipinski definition) is 6. The molecule has 0 saturated carbocycles. The van der Waals surface area contributed by atoms with E-state index in [-0.39, 0.29) is 41.6 Å². The number of benzene rings is 1. The Hall–Kier alpha value is -1.71. The lowest BCUT2D eigenvalue weighted by Crippen LogP contribution is -2.48. The van der Waals surface area contributed by atoms with Crippen molar-refractivity contribution in [3.05, 3.63) is 28.3 Å². The Morgan fingerprint density at radius 1 is 1.32 bits per heavy atom. The van der Waals surface area contributed by atoms with Gasteiger partial charge in [-0.3, -0.25) is 10.1 Å². The molecular formula is C13H18N2O6S. The molecule has 1 heterocycles. The highest BCUT2D eigenvalue weighted by Crippen LogP contribution is 2.31. The maximum atomic E-state index is 12.8. The van der Waals surface area contributed by atoms with Gasteiger partial charge in [0.25, 0.3) is 5.69 Å². The molecular weight excluding hydrogens is 312 g/mol. The molecule has 1 aromatic carbocycles. The Labute approximate surface area is 128 Å². The van der Waals surface area contributed by atoms with Gasteiger partial charge in [0.1, 0.15) is 10.6 Å². The number of nitrogens with zero attached hydrogens (tertiary/aromatic N) is 2. The molecule has 0 N–H and O–H groups in total. The number of ether oxygens (including phenoxy) is 2. The fourth-order valence-electron chi connectivity index (χ4n) is 2.45. The Morgan fingerprint density at radius 3 is 2.41 bits per heavy atom. The summed E-state index contributed by atoms with van der Waals surface area (Å²) in [6, 6.07) is 3.47. The minimum Gasteiger partial charge on any atom is -0.495 e. The fourth-order valence-corrected chi connectivity index (χ4v) is 4.18. The summed E-state index contributed by atoms with van der Waals surface area (Å²) in [6.45, 7) is 4.05. The summed E-state index contributed by atoms with van der Waals surface area (Å²) in [6.07, 6.45) is -0.440. The smallest absolute Gasteiger partial charge is 0.273 e. The third-order valence-corrected chi connectivity index (χ3v) is 5.23. The van der Waals surface area contributed by atoms with Crippen molar-refractivity contribution < 1.29 is 22.8 Å². The van der Waals surface area contributed by atoms with Crippen molar-refractivity contribution in [3.8, 4) is 5.75 Å². The highest BCUT2D eigenvalue weighted by molar-refractivity contribution is 7.89. The minimum atomic E-state index is -3.81. The number of hydrogen-bond donors (Lipinski definition) is 0. The highest BCUT2D eigenvalue weighted by atomic mass is 32.2. The first kappa shape index (κ1) is 16.7. The number of nitro groups is 1. The van der Waals surface area contributed by atoms with Gasteiger partial charge in [-0.2, -0.15) is 4.31 Å². The molecule has 2 rings (SSSR count). The number of non-ortho nitro benzene ring substituents is 1. The van der Waals surface area contributed by atoms with Crippen LogP contribution in [0.3, 0.4) is 0 Å². The summed E-state index contributed by atoms with van der Waals surface area (Å²) in [5, 5.41) is 10.8. The van der Waals surface area contributed by atoms with Crippen molar-refractivity contribution in [2.24, 2.45) is 0 Å². The summed E-state index contributed by atoms with van der Waals surface area (Å²) in [5.41, 5.74) is -0.223. The van der Waals surface area contributed by atoms with Crippen LogP contribution in [0.5, 0.6) is 5.75 Å². The largest absolute Gasteiger partial charge is 0.495 e. The van der Waals surface area contributed by atoms with Crippen LogP contribution in [0.4, 0.5) is 5.69 Å². The Balaban J connectivity index is 2.42. The average Bonchev–Trinajstić information content (AvgIpc) is 2.45. The van der Waals surface area contributed by atoms with E-state index in [0.29, 0.717) is 0 Å². The van der Waals surface area contributed by atoms with E-state index < -0.39 is 14.9 Å². The van der Waals surface area contributed by atoms with E-state index >= 15 is 0 Å². The molecule has 0 aromatic heterocycles. The maximum Gasteiger partial charge on any atom is 0.273 e. The second-order valence-corrected chi connectivity index (χ2v) is 7.08. The van der Waals surface area contributed by atoms with Gasteiger partial charge in [-0.05, 0) is 19.9 Å². The van der Waals surface area contributed by atoms with E-state index in [1.54, 1.807) is 13.8 Å². The molecule has 1 saturated heterocycles. The SMILES string of the molecule is COc1cc([N+](=O)[O-])ccc1S(=O)(=O)N1C[C@H](C)O[C@@H](C)C1. The standard InChI is InChI=1S/C13H18N2O6S/c1-9-7-14(8-10(2)21-9)22(18,19)13-5-4-11(15(16)17)6-12(13)20-3/h4-6,9-10H,7-8H2,1-3H3/t9-,10-/m0/s1. The predicted molar refractivity (Wildman–Crippen MR) is 78.4 cm³/mol. The van der Waals surface area contributed by atoms with Gasteiger partial charge in [-0.1, -0.05) is 0 Å². The molecule has 1 fully saturated rings. The third-order valence-electron chi connectivity index (χ3n) is 3.36. The van der Waals surface area contributed by atoms with Gasteiger partial charge in [0.05, 0.1) is 30.3 Å². The van der Waals surface area contributed by atoms with E-state index in [1.165, 1.54) is 17.5 Å². The minimum absolute atomic E-state index is 0.0407. The Bertz CT molecular complexity index is 665. The van der Waals surface area contributed by atoms with E-state index in [1.807, 2.05) is 0 Å². The van der Waals surface area contributed by atoms with Crippen molar-refractivity contribution in [1.82, 2.24) is 4.31 Å². The van der Waals surface area contributed by atoms with E-state index in [9.17, 15) is 18.5 Å². The zero-order chi connectivity index (χ0) is 16.5. The van der Waals surface area contributed by atoms with Crippen LogP contribution in [-0.2, 0) is 14.8 Å². The molecule has 1 aliphatic rings. The lowest BCUT2D eigenvalue weighted by molar-refractivity contribution is -0.385. The van der Waals surface area contributed by atoms with Gasteiger partial charge in [-0.15, -0.1) is 0 Å². The quantitative estimate of drug-likeness (QED) is 0.611. The van der Waals surface area contributed by atoms with Crippen LogP contribution < -0.4 is 4.74 Å². The van der Waals surface area contributed by atoms with Crippen LogP contribution >= 0.6 is 0 Å². The Morgan fingerprint density at radius 2 is 1.91 bits per heavy atom. The van der Waals surface area contributed by atoms with E-state index in [2.05, 4.69) is 0 Å². The number of methoxy groups -OCH3 is 1. The van der Waals surface area contributed by atoms with Crippen LogP contribution in [-0.4, -0.2) is 50.1 Å². The molecule has 8 nitrogen and oxygen atoms in total. The average molecular weight is 330 g/mol. The zero-order valence-corrected chi connectivity index (χ0v) is 13.4. The monoisotopic (exact) mass is 330 g/mol. The molecule has 9 heteroatoms. The summed E-state index contributed by atoms with van der Waals surface area (Å²) in [5.74, 6) is -0.0407. The highest BCUT2D eigenvalue weighted by Gasteiger charge is 2.34. The van der Waals surface area contributed by atoms with Crippen LogP contribution in [0, 0.1) is 10.1 Å². The lowest BCUT2D eigenvalue weighted by Gasteiger charge is -2.34. The van der Waals surface area contributed by atoms with Crippen LogP contribution in [0.2, 0.25) is 0 Å². The van der Waals surface area contributed by atoms with Crippen molar-refractivity contribution in [2.45, 2.75) is 31.0 Å². The second-order valence-electron chi connectivity index (χ2n) is 5.17. The predicted octanol–water partition coefficient (Wildman–Crippen LogP) is 1.40. The Kier molecular flexibility index (Phi) is 4.69. The first-order valence-corrected chi connectivity index (χ1v) is 8.17. The van der Waals surface area contributed by atoms with E-state index in [0.717, 1.165) is 12.1 Å². The molecule has 0 radical (unpaired) electrons. The molecule has 1 aliphatic heterocycles. The number of morpholine rings is 1. The van der Waals surface area contributed by atoms with Gasteiger partial charge in [0.2, 0.25) is 10.0 Å². The van der Waals surface area contributed by atoms with Crippen molar-refractivity contribution in [1.29, 1.82) is 0 Å². The molecule has 0 unspecified atom stereocenters. The van der Waals surface area contributed by atoms with Crippen LogP contribution in [0.25, 0.3) is 0 Å². The van der Waals surface area contributed by atoms with Crippen molar-refractivity contribution in [2.75, 3.05) is 20.2 Å². The first-order chi connectivity index (χ1) is 10.3. The summed E-state index contributed by atoms with van der Waals surface area (Å²) < 4.78 is 37.4. The van der Waals surface area contributed by atoms with Crippen LogP contribution in [0.1, 0.15) is 13.8 Å². The van der Waals surface area contributed by atoms with Crippen molar-refractivity contribution >= 4 is 15.7 Å². The molecule has 22 heavy (non-hydrogen) atoms. The molecule has 2 atom stereocenters. The van der Waals surface area contributed by atoms with E-state index in [4.69, 9.17) is 9.47 Å². The lowest BCUT2D eigenvalue weighted by atomic mass is 10.3. The molecule has 0 bridgehead atoms. The zero-order valence-electron chi connectivity index (χ0n) is 12.6. The number of nitro benzene ring substituents is 1. The number of rotatable bonds is 4. The van der Waals surface area contributed by atoms with Gasteiger partial charge in [0, 0.05) is 19.2 Å². The van der Waals surface area contributed by atoms with Gasteiger partial charge in [0.15, 0.2) is 0 Å². The normalized spacial score (nSPS) is 23.2. The summed E-state index contributed by atoms with van der Waals surface area (Å²) in [4.78, 5) is 10.1. The topological polar surface area (TPSA) is 99.0 Å². The summed E-state index contributed by atoms with van der Waals surface area (Å²) >= 11 is 0. The number of sulfonamides is 1. The van der Waals surface area contributed by atoms with Gasteiger partial charge >= 0.3 is 0 Å². The van der Waals surface area contributed by atoms with Gasteiger partial charge in [-0.25, -0.2) is 8.42 Å².